The third-order valence-corrected chi connectivity index (χ3v) is 4.11. The smallest absolute Gasteiger partial charge is 0.179 e. The van der Waals surface area contributed by atoms with Gasteiger partial charge in [-0.15, -0.1) is 0 Å². The summed E-state index contributed by atoms with van der Waals surface area (Å²) in [6.45, 7) is 0. The van der Waals surface area contributed by atoms with Crippen molar-refractivity contribution in [3.63, 3.8) is 0 Å². The van der Waals surface area contributed by atoms with Gasteiger partial charge >= 0.3 is 0 Å². The lowest BCUT2D eigenvalue weighted by atomic mass is 10.2. The second-order valence-corrected chi connectivity index (χ2v) is 6.62. The number of carbonyl (C=O) groups is 1. The Hall–Kier alpha value is -2.46. The molecule has 0 saturated carbocycles. The first-order valence-corrected chi connectivity index (χ1v) is 8.48. The number of carbonyl (C=O) groups excluding carboxylic acids is 1. The average Bonchev–Trinajstić information content (AvgIpc) is 2.53. The minimum Gasteiger partial charge on any atom is -0.294 e. The monoisotopic (exact) mass is 312 g/mol. The number of allylic oxidation sites excluding steroid dienone is 1. The van der Waals surface area contributed by atoms with Crippen molar-refractivity contribution in [2.24, 2.45) is 0 Å². The summed E-state index contributed by atoms with van der Waals surface area (Å²) >= 11 is 0. The number of rotatable bonds is 6. The molecule has 112 valence electrons. The third-order valence-electron chi connectivity index (χ3n) is 2.87. The van der Waals surface area contributed by atoms with Crippen LogP contribution in [0.15, 0.2) is 72.1 Å². The van der Waals surface area contributed by atoms with E-state index in [9.17, 15) is 13.2 Å². The van der Waals surface area contributed by atoms with E-state index >= 15 is 0 Å². The van der Waals surface area contributed by atoms with Crippen LogP contribution in [0.5, 0.6) is 0 Å². The van der Waals surface area contributed by atoms with Crippen molar-refractivity contribution >= 4 is 27.8 Å². The normalized spacial score (nSPS) is 12.0. The van der Waals surface area contributed by atoms with Crippen LogP contribution < -0.4 is 0 Å². The summed E-state index contributed by atoms with van der Waals surface area (Å²) in [6.07, 6.45) is 4.39. The molecule has 0 N–H and O–H groups in total. The van der Waals surface area contributed by atoms with Crippen LogP contribution in [0.4, 0.5) is 0 Å². The number of hydrogen-bond donors (Lipinski definition) is 0. The highest BCUT2D eigenvalue weighted by Gasteiger charge is 2.10. The zero-order chi connectivity index (χ0) is 15.8. The van der Waals surface area contributed by atoms with Gasteiger partial charge in [0.15, 0.2) is 15.6 Å². The van der Waals surface area contributed by atoms with Crippen LogP contribution in [0.1, 0.15) is 11.1 Å². The van der Waals surface area contributed by atoms with Crippen LogP contribution in [0.2, 0.25) is 0 Å². The summed E-state index contributed by atoms with van der Waals surface area (Å²) < 4.78 is 23.8. The molecule has 0 spiro atoms. The van der Waals surface area contributed by atoms with Crippen molar-refractivity contribution in [3.8, 4) is 0 Å². The van der Waals surface area contributed by atoms with E-state index in [0.717, 1.165) is 16.5 Å². The molecule has 0 aliphatic rings. The Morgan fingerprint density at radius 2 is 1.32 bits per heavy atom. The van der Waals surface area contributed by atoms with Gasteiger partial charge in [0.1, 0.15) is 5.75 Å². The number of ketones is 1. The molecule has 0 fully saturated rings. The van der Waals surface area contributed by atoms with E-state index in [-0.39, 0.29) is 0 Å². The summed E-state index contributed by atoms with van der Waals surface area (Å²) in [6, 6.07) is 18.3. The Labute approximate surface area is 130 Å². The van der Waals surface area contributed by atoms with Crippen molar-refractivity contribution in [1.29, 1.82) is 0 Å². The van der Waals surface area contributed by atoms with E-state index in [1.807, 2.05) is 48.5 Å². The molecule has 22 heavy (non-hydrogen) atoms. The SMILES string of the molecule is O=C(/C=C/c1ccccc1)CS(=O)(=O)/C=C\c1ccccc1. The van der Waals surface area contributed by atoms with Crippen LogP contribution in [-0.2, 0) is 14.6 Å². The molecule has 0 aromatic heterocycles. The van der Waals surface area contributed by atoms with Crippen LogP contribution >= 0.6 is 0 Å². The fourth-order valence-corrected chi connectivity index (χ4v) is 2.75. The van der Waals surface area contributed by atoms with Crippen LogP contribution in [-0.4, -0.2) is 20.0 Å². The predicted octanol–water partition coefficient (Wildman–Crippen LogP) is 3.35. The molecule has 2 rings (SSSR count). The van der Waals surface area contributed by atoms with E-state index in [1.165, 1.54) is 12.2 Å². The van der Waals surface area contributed by atoms with E-state index < -0.39 is 21.4 Å². The molecule has 2 aromatic rings. The second kappa shape index (κ2) is 7.52. The van der Waals surface area contributed by atoms with E-state index in [2.05, 4.69) is 0 Å². The zero-order valence-corrected chi connectivity index (χ0v) is 12.7. The fourth-order valence-electron chi connectivity index (χ4n) is 1.79. The summed E-state index contributed by atoms with van der Waals surface area (Å²) in [5.74, 6) is -0.971. The van der Waals surface area contributed by atoms with Crippen LogP contribution in [0.25, 0.3) is 12.2 Å². The van der Waals surface area contributed by atoms with Gasteiger partial charge in [0.05, 0.1) is 0 Å². The van der Waals surface area contributed by atoms with Gasteiger partial charge < -0.3 is 0 Å². The molecule has 0 saturated heterocycles. The van der Waals surface area contributed by atoms with Gasteiger partial charge in [-0.25, -0.2) is 8.42 Å². The topological polar surface area (TPSA) is 51.2 Å². The maximum absolute atomic E-state index is 11.9. The highest BCUT2D eigenvalue weighted by Crippen LogP contribution is 2.05. The molecule has 0 aliphatic carbocycles. The maximum Gasteiger partial charge on any atom is 0.179 e. The molecular weight excluding hydrogens is 296 g/mol. The standard InChI is InChI=1S/C18H16O3S/c19-18(12-11-16-7-3-1-4-8-16)15-22(20,21)14-13-17-9-5-2-6-10-17/h1-14H,15H2/b12-11+,14-13-. The van der Waals surface area contributed by atoms with Gasteiger partial charge in [0.25, 0.3) is 0 Å². The lowest BCUT2D eigenvalue weighted by molar-refractivity contribution is -0.112. The summed E-state index contributed by atoms with van der Waals surface area (Å²) in [7, 11) is -3.56. The molecule has 4 heteroatoms. The van der Waals surface area contributed by atoms with Gasteiger partial charge in [0, 0.05) is 5.41 Å². The Morgan fingerprint density at radius 1 is 0.818 bits per heavy atom. The Bertz CT molecular complexity index is 774. The highest BCUT2D eigenvalue weighted by molar-refractivity contribution is 7.95. The summed E-state index contributed by atoms with van der Waals surface area (Å²) in [4.78, 5) is 11.7. The molecule has 0 atom stereocenters. The lowest BCUT2D eigenvalue weighted by Gasteiger charge is -1.96. The molecule has 0 unspecified atom stereocenters. The molecule has 0 heterocycles. The quantitative estimate of drug-likeness (QED) is 0.769. The average molecular weight is 312 g/mol. The van der Waals surface area contributed by atoms with E-state index in [1.54, 1.807) is 18.2 Å². The minimum atomic E-state index is -3.56. The first kappa shape index (κ1) is 15.9. The van der Waals surface area contributed by atoms with E-state index in [0.29, 0.717) is 0 Å². The van der Waals surface area contributed by atoms with Crippen LogP contribution in [0.3, 0.4) is 0 Å². The first-order chi connectivity index (χ1) is 10.6. The van der Waals surface area contributed by atoms with E-state index in [4.69, 9.17) is 0 Å². The number of hydrogen-bond acceptors (Lipinski definition) is 3. The predicted molar refractivity (Wildman–Crippen MR) is 89.7 cm³/mol. The molecule has 3 nitrogen and oxygen atoms in total. The largest absolute Gasteiger partial charge is 0.294 e. The number of sulfone groups is 1. The first-order valence-electron chi connectivity index (χ1n) is 6.77. The molecule has 0 amide bonds. The van der Waals surface area contributed by atoms with Crippen molar-refractivity contribution in [2.45, 2.75) is 0 Å². The Kier molecular flexibility index (Phi) is 5.44. The summed E-state index contributed by atoms with van der Waals surface area (Å²) in [5.41, 5.74) is 1.63. The maximum atomic E-state index is 11.9. The van der Waals surface area contributed by atoms with Crippen LogP contribution in [0, 0.1) is 0 Å². The van der Waals surface area contributed by atoms with Gasteiger partial charge in [-0.2, -0.15) is 0 Å². The minimum absolute atomic E-state index is 0.443. The summed E-state index contributed by atoms with van der Waals surface area (Å²) in [5, 5.41) is 1.08. The molecule has 0 aliphatic heterocycles. The second-order valence-electron chi connectivity index (χ2n) is 4.73. The van der Waals surface area contributed by atoms with Gasteiger partial charge in [0.2, 0.25) is 0 Å². The molecule has 2 aromatic carbocycles. The Balaban J connectivity index is 1.98. The van der Waals surface area contributed by atoms with Gasteiger partial charge in [-0.1, -0.05) is 66.7 Å². The van der Waals surface area contributed by atoms with Crippen molar-refractivity contribution < 1.29 is 13.2 Å². The van der Waals surface area contributed by atoms with Gasteiger partial charge in [-0.3, -0.25) is 4.79 Å². The van der Waals surface area contributed by atoms with Crippen molar-refractivity contribution in [1.82, 2.24) is 0 Å². The molecule has 0 radical (unpaired) electrons. The van der Waals surface area contributed by atoms with Crippen molar-refractivity contribution in [2.75, 3.05) is 5.75 Å². The molecular formula is C18H16O3S. The zero-order valence-electron chi connectivity index (χ0n) is 11.9. The van der Waals surface area contributed by atoms with Gasteiger partial charge in [-0.05, 0) is 23.3 Å². The highest BCUT2D eigenvalue weighted by atomic mass is 32.2. The third kappa shape index (κ3) is 5.50. The van der Waals surface area contributed by atoms with Crippen molar-refractivity contribution in [3.05, 3.63) is 83.3 Å². The number of benzene rings is 2. The Morgan fingerprint density at radius 3 is 1.86 bits per heavy atom. The fraction of sp³-hybridized carbons (Fsp3) is 0.0556. The lowest BCUT2D eigenvalue weighted by Crippen LogP contribution is -2.11. The molecule has 0 bridgehead atoms.